The molecule has 0 bridgehead atoms. The number of hydrogen-bond acceptors (Lipinski definition) is 4. The first-order valence-electron chi connectivity index (χ1n) is 5.33. The van der Waals surface area contributed by atoms with Crippen molar-refractivity contribution in [3.05, 3.63) is 35.6 Å². The van der Waals surface area contributed by atoms with Crippen LogP contribution in [0.2, 0.25) is 0 Å². The van der Waals surface area contributed by atoms with Gasteiger partial charge in [0.25, 0.3) is 0 Å². The number of halogens is 1. The molecule has 0 radical (unpaired) electrons. The van der Waals surface area contributed by atoms with E-state index in [9.17, 15) is 17.9 Å². The fraction of sp³-hybridized carbons (Fsp3) is 0.417. The molecule has 1 N–H and O–H groups in total. The van der Waals surface area contributed by atoms with E-state index < -0.39 is 38.8 Å². The molecule has 4 nitrogen and oxygen atoms in total. The lowest BCUT2D eigenvalue weighted by Crippen LogP contribution is -2.16. The number of aliphatic hydroxyl groups is 1. The van der Waals surface area contributed by atoms with Gasteiger partial charge >= 0.3 is 0 Å². The minimum absolute atomic E-state index is 0.429. The van der Waals surface area contributed by atoms with Gasteiger partial charge in [0.2, 0.25) is 0 Å². The van der Waals surface area contributed by atoms with Gasteiger partial charge in [-0.05, 0) is 17.7 Å². The lowest BCUT2D eigenvalue weighted by atomic mass is 10.0. The van der Waals surface area contributed by atoms with Gasteiger partial charge in [-0.2, -0.15) is 5.26 Å². The van der Waals surface area contributed by atoms with Crippen molar-refractivity contribution in [2.24, 2.45) is 5.41 Å². The minimum atomic E-state index is -3.45. The molecule has 1 aliphatic carbocycles. The molecule has 1 fully saturated rings. The Morgan fingerprint density at radius 1 is 1.44 bits per heavy atom. The van der Waals surface area contributed by atoms with Crippen molar-refractivity contribution in [3.63, 3.8) is 0 Å². The lowest BCUT2D eigenvalue weighted by Gasteiger charge is -2.03. The van der Waals surface area contributed by atoms with E-state index in [1.54, 1.807) is 0 Å². The Kier molecular flexibility index (Phi) is 2.92. The monoisotopic (exact) mass is 269 g/mol. The summed E-state index contributed by atoms with van der Waals surface area (Å²) < 4.78 is 36.1. The fourth-order valence-corrected chi connectivity index (χ4v) is 4.39. The Labute approximate surface area is 105 Å². The third kappa shape index (κ3) is 1.80. The zero-order valence-electron chi connectivity index (χ0n) is 9.67. The Bertz CT molecular complexity index is 605. The van der Waals surface area contributed by atoms with Gasteiger partial charge in [0, 0.05) is 12.2 Å². The van der Waals surface area contributed by atoms with Gasteiger partial charge in [-0.1, -0.05) is 12.1 Å². The second kappa shape index (κ2) is 4.04. The Balaban J connectivity index is 2.46. The first-order valence-corrected chi connectivity index (χ1v) is 7.28. The molecule has 0 aromatic heterocycles. The maximum absolute atomic E-state index is 12.8. The van der Waals surface area contributed by atoms with E-state index in [1.165, 1.54) is 24.3 Å². The summed E-state index contributed by atoms with van der Waals surface area (Å²) in [6.07, 6.45) is 1.04. The van der Waals surface area contributed by atoms with Crippen molar-refractivity contribution in [2.45, 2.75) is 11.2 Å². The normalized spacial score (nSPS) is 30.8. The topological polar surface area (TPSA) is 78.2 Å². The Morgan fingerprint density at radius 2 is 2.00 bits per heavy atom. The van der Waals surface area contributed by atoms with Crippen LogP contribution in [0.3, 0.4) is 0 Å². The number of aliphatic hydroxyl groups excluding tert-OH is 1. The van der Waals surface area contributed by atoms with Crippen LogP contribution < -0.4 is 0 Å². The summed E-state index contributed by atoms with van der Waals surface area (Å²) in [6, 6.07) is 7.23. The SMILES string of the molecule is CS(=O)(=O)[C@H]1[C@@H](c2ccc(F)cc2)[C@@]1(C#N)CO. The van der Waals surface area contributed by atoms with Crippen LogP contribution in [0.25, 0.3) is 0 Å². The molecule has 1 aromatic rings. The van der Waals surface area contributed by atoms with Crippen LogP contribution >= 0.6 is 0 Å². The summed E-state index contributed by atoms with van der Waals surface area (Å²) in [5.74, 6) is -1.02. The molecule has 0 spiro atoms. The summed E-state index contributed by atoms with van der Waals surface area (Å²) in [5, 5.41) is 17.5. The van der Waals surface area contributed by atoms with Crippen LogP contribution in [0, 0.1) is 22.6 Å². The lowest BCUT2D eigenvalue weighted by molar-refractivity contribution is 0.242. The standard InChI is InChI=1S/C12H12FNO3S/c1-18(16,17)11-10(12(11,6-14)7-15)8-2-4-9(13)5-3-8/h2-5,10-11,15H,7H2,1H3/t10-,11+,12-/m1/s1. The van der Waals surface area contributed by atoms with Gasteiger partial charge in [0.05, 0.1) is 17.9 Å². The van der Waals surface area contributed by atoms with Crippen LogP contribution in [0.1, 0.15) is 11.5 Å². The fourth-order valence-electron chi connectivity index (χ4n) is 2.53. The number of hydrogen-bond donors (Lipinski definition) is 1. The molecular formula is C12H12FNO3S. The highest BCUT2D eigenvalue weighted by Gasteiger charge is 2.70. The smallest absolute Gasteiger partial charge is 0.152 e. The van der Waals surface area contributed by atoms with Gasteiger partial charge in [-0.3, -0.25) is 0 Å². The van der Waals surface area contributed by atoms with Crippen molar-refractivity contribution in [2.75, 3.05) is 12.9 Å². The Hall–Kier alpha value is -1.45. The van der Waals surface area contributed by atoms with Gasteiger partial charge in [-0.15, -0.1) is 0 Å². The molecule has 0 amide bonds. The van der Waals surface area contributed by atoms with E-state index in [-0.39, 0.29) is 0 Å². The van der Waals surface area contributed by atoms with Crippen LogP contribution in [-0.2, 0) is 9.84 Å². The number of nitriles is 1. The average molecular weight is 269 g/mol. The van der Waals surface area contributed by atoms with Crippen molar-refractivity contribution < 1.29 is 17.9 Å². The summed E-state index contributed by atoms with van der Waals surface area (Å²) in [4.78, 5) is 0. The van der Waals surface area contributed by atoms with E-state index in [2.05, 4.69) is 0 Å². The number of rotatable bonds is 3. The molecule has 96 valence electrons. The minimum Gasteiger partial charge on any atom is -0.395 e. The van der Waals surface area contributed by atoms with Crippen molar-refractivity contribution in [3.8, 4) is 6.07 Å². The molecule has 0 aliphatic heterocycles. The number of sulfone groups is 1. The summed E-state index contributed by atoms with van der Waals surface area (Å²) in [7, 11) is -3.45. The van der Waals surface area contributed by atoms with Crippen LogP contribution in [-0.4, -0.2) is 31.6 Å². The highest BCUT2D eigenvalue weighted by Crippen LogP contribution is 2.62. The third-order valence-electron chi connectivity index (χ3n) is 3.42. The molecule has 1 aromatic carbocycles. The molecular weight excluding hydrogens is 257 g/mol. The highest BCUT2D eigenvalue weighted by atomic mass is 32.2. The van der Waals surface area contributed by atoms with E-state index in [0.717, 1.165) is 6.26 Å². The second-order valence-corrected chi connectivity index (χ2v) is 6.76. The Morgan fingerprint density at radius 3 is 2.33 bits per heavy atom. The van der Waals surface area contributed by atoms with Gasteiger partial charge in [0.15, 0.2) is 9.84 Å². The summed E-state index contributed by atoms with van der Waals surface area (Å²) >= 11 is 0. The van der Waals surface area contributed by atoms with E-state index >= 15 is 0 Å². The van der Waals surface area contributed by atoms with Gasteiger partial charge in [0.1, 0.15) is 11.2 Å². The predicted octanol–water partition coefficient (Wildman–Crippen LogP) is 0.838. The second-order valence-electron chi connectivity index (χ2n) is 4.59. The van der Waals surface area contributed by atoms with E-state index in [4.69, 9.17) is 5.26 Å². The van der Waals surface area contributed by atoms with E-state index in [0.29, 0.717) is 5.56 Å². The molecule has 1 aliphatic rings. The molecule has 0 heterocycles. The van der Waals surface area contributed by atoms with Crippen LogP contribution in [0.5, 0.6) is 0 Å². The summed E-state index contributed by atoms with van der Waals surface area (Å²) in [5.41, 5.74) is -0.742. The third-order valence-corrected chi connectivity index (χ3v) is 5.03. The van der Waals surface area contributed by atoms with Crippen LogP contribution in [0.15, 0.2) is 24.3 Å². The average Bonchev–Trinajstić information content (AvgIpc) is 3.00. The van der Waals surface area contributed by atoms with Crippen LogP contribution in [0.4, 0.5) is 4.39 Å². The highest BCUT2D eigenvalue weighted by molar-refractivity contribution is 7.91. The molecule has 6 heteroatoms. The van der Waals surface area contributed by atoms with Gasteiger partial charge in [-0.25, -0.2) is 12.8 Å². The predicted molar refractivity (Wildman–Crippen MR) is 62.9 cm³/mol. The first kappa shape index (κ1) is 13.0. The van der Waals surface area contributed by atoms with Gasteiger partial charge < -0.3 is 5.11 Å². The molecule has 0 saturated heterocycles. The number of nitrogens with zero attached hydrogens (tertiary/aromatic N) is 1. The molecule has 2 rings (SSSR count). The van der Waals surface area contributed by atoms with Crippen molar-refractivity contribution >= 4 is 9.84 Å². The van der Waals surface area contributed by atoms with Crippen molar-refractivity contribution in [1.29, 1.82) is 5.26 Å². The largest absolute Gasteiger partial charge is 0.395 e. The molecule has 1 saturated carbocycles. The quantitative estimate of drug-likeness (QED) is 0.882. The zero-order valence-corrected chi connectivity index (χ0v) is 10.5. The maximum Gasteiger partial charge on any atom is 0.152 e. The molecule has 0 unspecified atom stereocenters. The summed E-state index contributed by atoms with van der Waals surface area (Å²) in [6.45, 7) is -0.525. The van der Waals surface area contributed by atoms with E-state index in [1.807, 2.05) is 6.07 Å². The molecule has 18 heavy (non-hydrogen) atoms. The zero-order chi connectivity index (χ0) is 13.6. The van der Waals surface area contributed by atoms with Crippen molar-refractivity contribution in [1.82, 2.24) is 0 Å². The first-order chi connectivity index (χ1) is 8.36. The maximum atomic E-state index is 12.8. The molecule has 3 atom stereocenters. The number of benzene rings is 1.